The molecule has 3 rings (SSSR count). The van der Waals surface area contributed by atoms with E-state index in [1.807, 2.05) is 25.3 Å². The van der Waals surface area contributed by atoms with Gasteiger partial charge in [0.2, 0.25) is 11.8 Å². The molecule has 2 heterocycles. The number of rotatable bonds is 7. The van der Waals surface area contributed by atoms with E-state index in [1.54, 1.807) is 6.92 Å². The predicted molar refractivity (Wildman–Crippen MR) is 107 cm³/mol. The number of aromatic nitrogens is 1. The van der Waals surface area contributed by atoms with Gasteiger partial charge in [0.1, 0.15) is 0 Å². The van der Waals surface area contributed by atoms with Gasteiger partial charge in [0.15, 0.2) is 0 Å². The molecule has 1 saturated heterocycles. The Kier molecular flexibility index (Phi) is 6.50. The van der Waals surface area contributed by atoms with Crippen LogP contribution >= 0.6 is 0 Å². The number of carbonyl (C=O) groups excluding carboxylic acids is 2. The second-order valence-corrected chi connectivity index (χ2v) is 7.52. The SMILES string of the molecule is CC(=O)NCC1CCCN(C(C)C(=O)NCCc2c[nH]c3ccccc23)C1. The third-order valence-corrected chi connectivity index (χ3v) is 5.49. The fraction of sp³-hybridized carbons (Fsp3) is 0.524. The van der Waals surface area contributed by atoms with Crippen molar-refractivity contribution in [3.63, 3.8) is 0 Å². The fourth-order valence-corrected chi connectivity index (χ4v) is 3.88. The van der Waals surface area contributed by atoms with Crippen molar-refractivity contribution in [1.82, 2.24) is 20.5 Å². The molecule has 2 amide bonds. The Balaban J connectivity index is 1.46. The number of benzene rings is 1. The Morgan fingerprint density at radius 2 is 2.11 bits per heavy atom. The van der Waals surface area contributed by atoms with E-state index in [0.29, 0.717) is 19.0 Å². The number of piperidine rings is 1. The first-order valence-electron chi connectivity index (χ1n) is 9.86. The van der Waals surface area contributed by atoms with E-state index in [-0.39, 0.29) is 17.9 Å². The maximum Gasteiger partial charge on any atom is 0.237 e. The number of carbonyl (C=O) groups is 2. The highest BCUT2D eigenvalue weighted by Gasteiger charge is 2.27. The molecule has 0 bridgehead atoms. The number of nitrogens with zero attached hydrogens (tertiary/aromatic N) is 1. The highest BCUT2D eigenvalue weighted by Crippen LogP contribution is 2.19. The fourth-order valence-electron chi connectivity index (χ4n) is 3.88. The molecule has 146 valence electrons. The molecule has 0 saturated carbocycles. The maximum atomic E-state index is 12.6. The van der Waals surface area contributed by atoms with Gasteiger partial charge in [0, 0.05) is 43.7 Å². The van der Waals surface area contributed by atoms with Gasteiger partial charge in [-0.1, -0.05) is 18.2 Å². The predicted octanol–water partition coefficient (Wildman–Crippen LogP) is 2.06. The number of para-hydroxylation sites is 1. The Hall–Kier alpha value is -2.34. The van der Waals surface area contributed by atoms with Crippen LogP contribution in [0, 0.1) is 5.92 Å². The summed E-state index contributed by atoms with van der Waals surface area (Å²) in [6.07, 6.45) is 5.01. The molecule has 0 aliphatic carbocycles. The van der Waals surface area contributed by atoms with E-state index in [2.05, 4.69) is 32.7 Å². The average molecular weight is 370 g/mol. The lowest BCUT2D eigenvalue weighted by atomic mass is 9.96. The maximum absolute atomic E-state index is 12.6. The van der Waals surface area contributed by atoms with Crippen molar-refractivity contribution in [3.8, 4) is 0 Å². The summed E-state index contributed by atoms with van der Waals surface area (Å²) < 4.78 is 0. The lowest BCUT2D eigenvalue weighted by Crippen LogP contribution is -2.50. The van der Waals surface area contributed by atoms with Gasteiger partial charge in [-0.05, 0) is 50.3 Å². The standard InChI is InChI=1S/C21H30N4O2/c1-15(25-11-5-6-17(14-25)12-23-16(2)26)21(27)22-10-9-18-13-24-20-8-4-3-7-19(18)20/h3-4,7-8,13,15,17,24H,5-6,9-12,14H2,1-2H3,(H,22,27)(H,23,26). The molecule has 0 spiro atoms. The molecule has 2 atom stereocenters. The van der Waals surface area contributed by atoms with Crippen LogP contribution in [0.25, 0.3) is 10.9 Å². The second kappa shape index (κ2) is 9.04. The first-order valence-corrected chi connectivity index (χ1v) is 9.86. The first kappa shape index (κ1) is 19.4. The number of likely N-dealkylation sites (tertiary alicyclic amines) is 1. The largest absolute Gasteiger partial charge is 0.361 e. The van der Waals surface area contributed by atoms with Crippen molar-refractivity contribution in [1.29, 1.82) is 0 Å². The molecule has 2 aromatic rings. The zero-order valence-corrected chi connectivity index (χ0v) is 16.3. The van der Waals surface area contributed by atoms with Gasteiger partial charge in [0.05, 0.1) is 6.04 Å². The van der Waals surface area contributed by atoms with Gasteiger partial charge < -0.3 is 15.6 Å². The molecule has 1 aromatic carbocycles. The summed E-state index contributed by atoms with van der Waals surface area (Å²) in [5.74, 6) is 0.509. The Labute approximate surface area is 160 Å². The lowest BCUT2D eigenvalue weighted by molar-refractivity contribution is -0.126. The van der Waals surface area contributed by atoms with E-state index in [0.717, 1.165) is 37.9 Å². The topological polar surface area (TPSA) is 77.2 Å². The molecule has 6 nitrogen and oxygen atoms in total. The van der Waals surface area contributed by atoms with Gasteiger partial charge in [-0.2, -0.15) is 0 Å². The minimum atomic E-state index is -0.145. The Bertz CT molecular complexity index is 785. The quantitative estimate of drug-likeness (QED) is 0.698. The number of nitrogens with one attached hydrogen (secondary N) is 3. The average Bonchev–Trinajstić information content (AvgIpc) is 3.09. The van der Waals surface area contributed by atoms with Crippen LogP contribution in [0.5, 0.6) is 0 Å². The van der Waals surface area contributed by atoms with E-state index < -0.39 is 0 Å². The van der Waals surface area contributed by atoms with E-state index in [4.69, 9.17) is 0 Å². The normalized spacial score (nSPS) is 19.0. The minimum Gasteiger partial charge on any atom is -0.361 e. The summed E-state index contributed by atoms with van der Waals surface area (Å²) in [5.41, 5.74) is 2.36. The van der Waals surface area contributed by atoms with Crippen LogP contribution in [0.15, 0.2) is 30.5 Å². The molecule has 2 unspecified atom stereocenters. The van der Waals surface area contributed by atoms with E-state index in [9.17, 15) is 9.59 Å². The highest BCUT2D eigenvalue weighted by molar-refractivity contribution is 5.83. The summed E-state index contributed by atoms with van der Waals surface area (Å²) >= 11 is 0. The molecule has 0 radical (unpaired) electrons. The number of H-pyrrole nitrogens is 1. The summed E-state index contributed by atoms with van der Waals surface area (Å²) in [4.78, 5) is 29.2. The van der Waals surface area contributed by atoms with Crippen LogP contribution in [0.1, 0.15) is 32.3 Å². The van der Waals surface area contributed by atoms with Crippen LogP contribution in [-0.4, -0.2) is 53.9 Å². The Morgan fingerprint density at radius 3 is 2.93 bits per heavy atom. The van der Waals surface area contributed by atoms with Gasteiger partial charge in [-0.3, -0.25) is 14.5 Å². The third-order valence-electron chi connectivity index (χ3n) is 5.49. The number of fused-ring (bicyclic) bond motifs is 1. The molecule has 1 aliphatic rings. The van der Waals surface area contributed by atoms with Gasteiger partial charge in [-0.15, -0.1) is 0 Å². The number of hydrogen-bond donors (Lipinski definition) is 3. The smallest absolute Gasteiger partial charge is 0.237 e. The molecule has 3 N–H and O–H groups in total. The molecule has 27 heavy (non-hydrogen) atoms. The summed E-state index contributed by atoms with van der Waals surface area (Å²) in [5, 5.41) is 7.20. The number of amides is 2. The minimum absolute atomic E-state index is 0.00944. The highest BCUT2D eigenvalue weighted by atomic mass is 16.2. The Morgan fingerprint density at radius 1 is 1.30 bits per heavy atom. The van der Waals surface area contributed by atoms with Crippen LogP contribution in [0.4, 0.5) is 0 Å². The molecular formula is C21H30N4O2. The third kappa shape index (κ3) is 5.10. The van der Waals surface area contributed by atoms with Crippen molar-refractivity contribution in [3.05, 3.63) is 36.0 Å². The first-order chi connectivity index (χ1) is 13.0. The van der Waals surface area contributed by atoms with Crippen molar-refractivity contribution < 1.29 is 9.59 Å². The summed E-state index contributed by atoms with van der Waals surface area (Å²) in [6.45, 7) is 6.64. The van der Waals surface area contributed by atoms with Crippen molar-refractivity contribution >= 4 is 22.7 Å². The van der Waals surface area contributed by atoms with Gasteiger partial charge in [-0.25, -0.2) is 0 Å². The zero-order chi connectivity index (χ0) is 19.2. The van der Waals surface area contributed by atoms with Crippen LogP contribution < -0.4 is 10.6 Å². The molecule has 6 heteroatoms. The lowest BCUT2D eigenvalue weighted by Gasteiger charge is -2.36. The van der Waals surface area contributed by atoms with E-state index >= 15 is 0 Å². The monoisotopic (exact) mass is 370 g/mol. The van der Waals surface area contributed by atoms with Crippen LogP contribution in [0.2, 0.25) is 0 Å². The van der Waals surface area contributed by atoms with Crippen molar-refractivity contribution in [2.45, 2.75) is 39.2 Å². The second-order valence-electron chi connectivity index (χ2n) is 7.52. The van der Waals surface area contributed by atoms with Crippen molar-refractivity contribution in [2.24, 2.45) is 5.92 Å². The summed E-state index contributed by atoms with van der Waals surface area (Å²) in [7, 11) is 0. The number of aromatic amines is 1. The van der Waals surface area contributed by atoms with Gasteiger partial charge >= 0.3 is 0 Å². The van der Waals surface area contributed by atoms with Gasteiger partial charge in [0.25, 0.3) is 0 Å². The zero-order valence-electron chi connectivity index (χ0n) is 16.3. The molecule has 1 aliphatic heterocycles. The molecular weight excluding hydrogens is 340 g/mol. The molecule has 1 aromatic heterocycles. The van der Waals surface area contributed by atoms with Crippen LogP contribution in [-0.2, 0) is 16.0 Å². The summed E-state index contributed by atoms with van der Waals surface area (Å²) in [6, 6.07) is 8.08. The number of hydrogen-bond acceptors (Lipinski definition) is 3. The van der Waals surface area contributed by atoms with E-state index in [1.165, 1.54) is 10.9 Å². The van der Waals surface area contributed by atoms with Crippen molar-refractivity contribution in [2.75, 3.05) is 26.2 Å². The van der Waals surface area contributed by atoms with Crippen LogP contribution in [0.3, 0.4) is 0 Å². The molecule has 1 fully saturated rings.